The second kappa shape index (κ2) is 4.45. The van der Waals surface area contributed by atoms with E-state index in [9.17, 15) is 14.1 Å². The molecule has 0 aliphatic heterocycles. The molecule has 0 amide bonds. The highest BCUT2D eigenvalue weighted by Crippen LogP contribution is 1.97. The molecule has 0 aliphatic carbocycles. The van der Waals surface area contributed by atoms with Gasteiger partial charge in [0.2, 0.25) is 0 Å². The van der Waals surface area contributed by atoms with Gasteiger partial charge in [-0.3, -0.25) is 4.79 Å². The fraction of sp³-hybridized carbons (Fsp3) is 0.750. The fourth-order valence-corrected chi connectivity index (χ4v) is 0.713. The molecule has 0 fully saturated rings. The molecule has 0 aromatic rings. The molecule has 0 bridgehead atoms. The average Bonchev–Trinajstić information content (AvgIpc) is 1.58. The van der Waals surface area contributed by atoms with E-state index in [0.717, 1.165) is 0 Å². The zero-order valence-corrected chi connectivity index (χ0v) is 6.00. The Labute approximate surface area is 60.6 Å². The van der Waals surface area contributed by atoms with Crippen LogP contribution in [0.4, 0.5) is 0 Å². The maximum absolute atomic E-state index is 9.91. The molecule has 60 valence electrons. The standard InChI is InChI=1S/C4H7ClO5/c1-3(2-4(6)7)10-5(8)9/h3H,2H2,1H3,(H,6,7). The summed E-state index contributed by atoms with van der Waals surface area (Å²) in [6, 6.07) is 0. The van der Waals surface area contributed by atoms with E-state index in [4.69, 9.17) is 5.11 Å². The molecule has 0 radical (unpaired) electrons. The topological polar surface area (TPSA) is 92.7 Å². The Morgan fingerprint density at radius 1 is 1.80 bits per heavy atom. The lowest BCUT2D eigenvalue weighted by molar-refractivity contribution is -1.63. The number of carbonyl (C=O) groups is 1. The van der Waals surface area contributed by atoms with Gasteiger partial charge in [-0.15, -0.1) is 0 Å². The van der Waals surface area contributed by atoms with Gasteiger partial charge in [-0.2, -0.15) is 0 Å². The van der Waals surface area contributed by atoms with Crippen LogP contribution in [0, 0.1) is 10.8 Å². The Kier molecular flexibility index (Phi) is 4.29. The van der Waals surface area contributed by atoms with Crippen molar-refractivity contribution < 1.29 is 34.3 Å². The lowest BCUT2D eigenvalue weighted by Gasteiger charge is -1.99. The van der Waals surface area contributed by atoms with Crippen LogP contribution in [-0.2, 0) is 9.08 Å². The fourth-order valence-electron chi connectivity index (χ4n) is 0.402. The molecule has 0 spiro atoms. The van der Waals surface area contributed by atoms with E-state index in [-0.39, 0.29) is 6.42 Å². The summed E-state index contributed by atoms with van der Waals surface area (Å²) in [5.74, 6) is -1.09. The largest absolute Gasteiger partial charge is 0.481 e. The molecule has 1 N–H and O–H groups in total. The molecule has 6 heteroatoms. The molecular weight excluding hydrogens is 163 g/mol. The first-order valence-corrected chi connectivity index (χ1v) is 3.39. The van der Waals surface area contributed by atoms with Crippen molar-refractivity contribution in [2.45, 2.75) is 19.4 Å². The van der Waals surface area contributed by atoms with Gasteiger partial charge >= 0.3 is 5.97 Å². The quantitative estimate of drug-likeness (QED) is 0.524. The van der Waals surface area contributed by atoms with Crippen LogP contribution in [0.3, 0.4) is 0 Å². The summed E-state index contributed by atoms with van der Waals surface area (Å²) in [7, 11) is -2.32. The molecule has 0 rings (SSSR count). The Morgan fingerprint density at radius 2 is 2.30 bits per heavy atom. The maximum Gasteiger partial charge on any atom is 0.306 e. The van der Waals surface area contributed by atoms with Crippen LogP contribution in [-0.4, -0.2) is 17.2 Å². The summed E-state index contributed by atoms with van der Waals surface area (Å²) in [5, 5.41) is 8.11. The highest BCUT2D eigenvalue weighted by atomic mass is 35.6. The Hall–Kier alpha value is -0.360. The minimum Gasteiger partial charge on any atom is -0.481 e. The predicted molar refractivity (Wildman–Crippen MR) is 22.8 cm³/mol. The Bertz CT molecular complexity index is 114. The Morgan fingerprint density at radius 3 is 2.60 bits per heavy atom. The minimum absolute atomic E-state index is 0.321. The van der Waals surface area contributed by atoms with Crippen LogP contribution in [0.5, 0.6) is 0 Å². The molecule has 5 nitrogen and oxygen atoms in total. The van der Waals surface area contributed by atoms with Gasteiger partial charge in [-0.05, 0) is 6.92 Å². The van der Waals surface area contributed by atoms with E-state index in [0.29, 0.717) is 0 Å². The molecule has 1 atom stereocenters. The van der Waals surface area contributed by atoms with Gasteiger partial charge in [0.05, 0.1) is 6.42 Å². The van der Waals surface area contributed by atoms with Crippen LogP contribution in [0.1, 0.15) is 13.3 Å². The van der Waals surface area contributed by atoms with Crippen molar-refractivity contribution in [2.24, 2.45) is 0 Å². The molecule has 0 aromatic heterocycles. The molecule has 0 heterocycles. The van der Waals surface area contributed by atoms with Crippen molar-refractivity contribution in [3.63, 3.8) is 0 Å². The normalized spacial score (nSPS) is 13.6. The van der Waals surface area contributed by atoms with Crippen molar-refractivity contribution in [1.29, 1.82) is 0 Å². The summed E-state index contributed by atoms with van der Waals surface area (Å²) in [6.45, 7) is 1.36. The van der Waals surface area contributed by atoms with E-state index in [2.05, 4.69) is 4.29 Å². The van der Waals surface area contributed by atoms with Crippen molar-refractivity contribution in [3.05, 3.63) is 0 Å². The summed E-state index contributed by atoms with van der Waals surface area (Å²) in [6.07, 6.45) is -1.13. The molecule has 10 heavy (non-hydrogen) atoms. The van der Waals surface area contributed by atoms with Crippen molar-refractivity contribution >= 4 is 5.97 Å². The second-order valence-electron chi connectivity index (χ2n) is 1.69. The highest BCUT2D eigenvalue weighted by molar-refractivity contribution is 5.67. The number of carboxylic acids is 1. The van der Waals surface area contributed by atoms with Crippen LogP contribution in [0.25, 0.3) is 0 Å². The number of carboxylic acid groups (broad SMARTS) is 1. The lowest BCUT2D eigenvalue weighted by Crippen LogP contribution is -2.37. The van der Waals surface area contributed by atoms with Crippen LogP contribution in [0.15, 0.2) is 0 Å². The Balaban J connectivity index is 3.43. The SMILES string of the molecule is CC(CC(=O)O)O[Cl+2]([O-])[O-]. The van der Waals surface area contributed by atoms with Crippen LogP contribution in [0.2, 0.25) is 0 Å². The minimum atomic E-state index is -2.32. The first kappa shape index (κ1) is 9.64. The summed E-state index contributed by atoms with van der Waals surface area (Å²) >= 11 is 0. The monoisotopic (exact) mass is 170 g/mol. The van der Waals surface area contributed by atoms with Gasteiger partial charge in [0, 0.05) is 4.29 Å². The lowest BCUT2D eigenvalue weighted by atomic mass is 10.3. The third kappa shape index (κ3) is 5.77. The molecule has 0 saturated heterocycles. The van der Waals surface area contributed by atoms with E-state index in [1.54, 1.807) is 0 Å². The third-order valence-electron chi connectivity index (χ3n) is 0.687. The summed E-state index contributed by atoms with van der Waals surface area (Å²) in [5.41, 5.74) is 0. The number of halogens is 1. The van der Waals surface area contributed by atoms with Gasteiger partial charge in [0.25, 0.3) is 10.8 Å². The van der Waals surface area contributed by atoms with Crippen molar-refractivity contribution in [1.82, 2.24) is 0 Å². The zero-order chi connectivity index (χ0) is 8.15. The summed E-state index contributed by atoms with van der Waals surface area (Å²) < 4.78 is 23.5. The number of hydrogen-bond donors (Lipinski definition) is 1. The predicted octanol–water partition coefficient (Wildman–Crippen LogP) is -2.05. The van der Waals surface area contributed by atoms with Gasteiger partial charge in [-0.1, -0.05) is 0 Å². The van der Waals surface area contributed by atoms with Crippen molar-refractivity contribution in [2.75, 3.05) is 0 Å². The van der Waals surface area contributed by atoms with Gasteiger partial charge in [0.1, 0.15) is 0 Å². The van der Waals surface area contributed by atoms with E-state index < -0.39 is 22.9 Å². The zero-order valence-electron chi connectivity index (χ0n) is 5.24. The van der Waals surface area contributed by atoms with Crippen LogP contribution >= 0.6 is 0 Å². The van der Waals surface area contributed by atoms with E-state index in [1.165, 1.54) is 6.92 Å². The number of aliphatic carboxylic acids is 1. The maximum atomic E-state index is 9.91. The van der Waals surface area contributed by atoms with Crippen LogP contribution < -0.4 is 9.32 Å². The molecule has 0 saturated carbocycles. The van der Waals surface area contributed by atoms with E-state index >= 15 is 0 Å². The van der Waals surface area contributed by atoms with Gasteiger partial charge in [-0.25, -0.2) is 0 Å². The third-order valence-corrected chi connectivity index (χ3v) is 1.14. The van der Waals surface area contributed by atoms with Gasteiger partial charge < -0.3 is 14.4 Å². The van der Waals surface area contributed by atoms with Gasteiger partial charge in [0.15, 0.2) is 6.10 Å². The number of rotatable bonds is 4. The molecule has 0 aromatic carbocycles. The highest BCUT2D eigenvalue weighted by Gasteiger charge is 2.19. The summed E-state index contributed by atoms with van der Waals surface area (Å²) in [4.78, 5) is 9.91. The first-order valence-electron chi connectivity index (χ1n) is 2.47. The van der Waals surface area contributed by atoms with E-state index in [1.807, 2.05) is 0 Å². The molecular formula is C4H7ClO5. The second-order valence-corrected chi connectivity index (χ2v) is 2.24. The molecule has 0 aliphatic rings. The average molecular weight is 171 g/mol. The smallest absolute Gasteiger partial charge is 0.306 e. The first-order chi connectivity index (χ1) is 4.52. The molecule has 1 unspecified atom stereocenters. The number of hydrogen-bond acceptors (Lipinski definition) is 4. The van der Waals surface area contributed by atoms with Crippen molar-refractivity contribution in [3.8, 4) is 0 Å².